The van der Waals surface area contributed by atoms with Crippen molar-refractivity contribution in [2.45, 2.75) is 25.3 Å². The fourth-order valence-corrected chi connectivity index (χ4v) is 3.14. The van der Waals surface area contributed by atoms with Gasteiger partial charge in [-0.15, -0.1) is 0 Å². The summed E-state index contributed by atoms with van der Waals surface area (Å²) in [6, 6.07) is 8.76. The molecule has 2 aromatic rings. The molecule has 0 aliphatic carbocycles. The summed E-state index contributed by atoms with van der Waals surface area (Å²) in [5.74, 6) is 0.840. The van der Waals surface area contributed by atoms with E-state index in [0.717, 1.165) is 36.3 Å². The molecule has 1 radical (unpaired) electrons. The molecule has 0 saturated carbocycles. The lowest BCUT2D eigenvalue weighted by molar-refractivity contribution is -0.127. The quantitative estimate of drug-likeness (QED) is 0.815. The molecule has 0 spiro atoms. The van der Waals surface area contributed by atoms with Gasteiger partial charge < -0.3 is 10.1 Å². The third-order valence-corrected chi connectivity index (χ3v) is 4.54. The lowest BCUT2D eigenvalue weighted by Crippen LogP contribution is -2.48. The Morgan fingerprint density at radius 3 is 3.00 bits per heavy atom. The van der Waals surface area contributed by atoms with Gasteiger partial charge in [0.15, 0.2) is 0 Å². The van der Waals surface area contributed by atoms with Gasteiger partial charge in [-0.3, -0.25) is 14.4 Å². The van der Waals surface area contributed by atoms with Crippen molar-refractivity contribution >= 4 is 5.91 Å². The van der Waals surface area contributed by atoms with Crippen molar-refractivity contribution in [3.05, 3.63) is 36.7 Å². The van der Waals surface area contributed by atoms with E-state index in [4.69, 9.17) is 4.74 Å². The average Bonchev–Trinajstić information content (AvgIpc) is 3.06. The number of likely N-dealkylation sites (tertiary alicyclic amines) is 1. The molecule has 1 aromatic heterocycles. The topological polar surface area (TPSA) is 59.4 Å². The molecule has 0 bridgehead atoms. The minimum atomic E-state index is -0.00371. The summed E-state index contributed by atoms with van der Waals surface area (Å²) < 4.78 is 7.52. The number of rotatable bonds is 6. The number of ether oxygens (including phenoxy) is 1. The zero-order valence-electron chi connectivity index (χ0n) is 14.9. The summed E-state index contributed by atoms with van der Waals surface area (Å²) in [6.45, 7) is 1.93. The van der Waals surface area contributed by atoms with Gasteiger partial charge >= 0.3 is 0 Å². The normalized spacial score (nSPS) is 18.1. The smallest absolute Gasteiger partial charge is 0.237 e. The largest absolute Gasteiger partial charge is 0.492 e. The minimum Gasteiger partial charge on any atom is -0.492 e. The van der Waals surface area contributed by atoms with Crippen LogP contribution in [-0.2, 0) is 11.8 Å². The number of benzene rings is 1. The molecule has 1 aliphatic heterocycles. The van der Waals surface area contributed by atoms with Gasteiger partial charge in [0, 0.05) is 18.8 Å². The summed E-state index contributed by atoms with van der Waals surface area (Å²) in [7, 11) is 3.90. The van der Waals surface area contributed by atoms with Crippen molar-refractivity contribution in [1.29, 1.82) is 0 Å². The number of nitrogens with zero attached hydrogens (tertiary/aromatic N) is 3. The van der Waals surface area contributed by atoms with Crippen LogP contribution in [0.5, 0.6) is 5.75 Å². The fourth-order valence-electron chi connectivity index (χ4n) is 3.14. The maximum absolute atomic E-state index is 12.2. The number of carbonyl (C=O) groups excluding carboxylic acids is 1. The van der Waals surface area contributed by atoms with Crippen molar-refractivity contribution in [3.8, 4) is 16.9 Å². The van der Waals surface area contributed by atoms with E-state index in [9.17, 15) is 4.79 Å². The first-order valence-corrected chi connectivity index (χ1v) is 8.74. The molecule has 1 aromatic carbocycles. The fraction of sp³-hybridized carbons (Fsp3) is 0.474. The zero-order valence-corrected chi connectivity index (χ0v) is 14.9. The molecule has 6 nitrogen and oxygen atoms in total. The van der Waals surface area contributed by atoms with Crippen LogP contribution in [0.1, 0.15) is 19.3 Å². The summed E-state index contributed by atoms with van der Waals surface area (Å²) >= 11 is 0. The first-order chi connectivity index (χ1) is 12.1. The number of aryl methyl sites for hydroxylation is 1. The number of likely N-dealkylation sites (N-methyl/N-ethyl adjacent to an activating group) is 1. The average molecular weight is 341 g/mol. The molecular formula is C19H25N4O2. The Hall–Kier alpha value is -2.34. The summed E-state index contributed by atoms with van der Waals surface area (Å²) in [5.41, 5.74) is 2.04. The maximum atomic E-state index is 12.2. The van der Waals surface area contributed by atoms with Crippen molar-refractivity contribution < 1.29 is 9.53 Å². The van der Waals surface area contributed by atoms with Crippen molar-refractivity contribution in [3.63, 3.8) is 0 Å². The Morgan fingerprint density at radius 1 is 1.36 bits per heavy atom. The highest BCUT2D eigenvalue weighted by Gasteiger charge is 2.25. The van der Waals surface area contributed by atoms with E-state index < -0.39 is 0 Å². The summed E-state index contributed by atoms with van der Waals surface area (Å²) in [6.07, 6.45) is 7.00. The monoisotopic (exact) mass is 341 g/mol. The van der Waals surface area contributed by atoms with E-state index >= 15 is 0 Å². The Morgan fingerprint density at radius 2 is 2.24 bits per heavy atom. The van der Waals surface area contributed by atoms with E-state index in [2.05, 4.69) is 21.4 Å². The molecule has 1 aliphatic rings. The van der Waals surface area contributed by atoms with Crippen molar-refractivity contribution in [2.24, 2.45) is 7.05 Å². The Kier molecular flexibility index (Phi) is 5.71. The molecular weight excluding hydrogens is 316 g/mol. The van der Waals surface area contributed by atoms with Crippen LogP contribution in [0, 0.1) is 6.07 Å². The molecule has 1 N–H and O–H groups in total. The molecule has 3 rings (SSSR count). The van der Waals surface area contributed by atoms with Gasteiger partial charge in [-0.1, -0.05) is 6.42 Å². The first kappa shape index (κ1) is 17.5. The molecule has 1 amide bonds. The van der Waals surface area contributed by atoms with Gasteiger partial charge in [-0.25, -0.2) is 0 Å². The molecule has 1 saturated heterocycles. The van der Waals surface area contributed by atoms with E-state index in [1.807, 2.05) is 38.6 Å². The third kappa shape index (κ3) is 4.60. The second-order valence-electron chi connectivity index (χ2n) is 6.49. The number of hydrogen-bond acceptors (Lipinski definition) is 4. The lowest BCUT2D eigenvalue weighted by Gasteiger charge is -2.31. The van der Waals surface area contributed by atoms with Crippen LogP contribution in [0.2, 0.25) is 0 Å². The summed E-state index contributed by atoms with van der Waals surface area (Å²) in [4.78, 5) is 14.4. The van der Waals surface area contributed by atoms with E-state index in [1.165, 1.54) is 6.42 Å². The number of hydrogen-bond donors (Lipinski definition) is 1. The number of nitrogens with one attached hydrogen (secondary N) is 1. The SMILES string of the molecule is CN1CCCC[C@@H]1C(=O)NCCOc1c[c]cc(-c2cnn(C)c2)c1. The van der Waals surface area contributed by atoms with Gasteiger partial charge in [-0.2, -0.15) is 5.10 Å². The number of amides is 1. The maximum Gasteiger partial charge on any atom is 0.237 e. The van der Waals surface area contributed by atoms with E-state index in [-0.39, 0.29) is 11.9 Å². The first-order valence-electron chi connectivity index (χ1n) is 8.74. The van der Waals surface area contributed by atoms with Crippen LogP contribution in [0.3, 0.4) is 0 Å². The van der Waals surface area contributed by atoms with Gasteiger partial charge in [0.05, 0.1) is 18.8 Å². The Labute approximate surface area is 148 Å². The van der Waals surface area contributed by atoms with Gasteiger partial charge in [0.2, 0.25) is 5.91 Å². The Balaban J connectivity index is 1.47. The van der Waals surface area contributed by atoms with Crippen LogP contribution in [0.25, 0.3) is 11.1 Å². The third-order valence-electron chi connectivity index (χ3n) is 4.54. The minimum absolute atomic E-state index is 0.00371. The molecule has 25 heavy (non-hydrogen) atoms. The number of aromatic nitrogens is 2. The Bertz CT molecular complexity index is 713. The van der Waals surface area contributed by atoms with Crippen molar-refractivity contribution in [2.75, 3.05) is 26.7 Å². The van der Waals surface area contributed by atoms with Gasteiger partial charge in [0.1, 0.15) is 12.4 Å². The highest BCUT2D eigenvalue weighted by atomic mass is 16.5. The second kappa shape index (κ2) is 8.16. The van der Waals surface area contributed by atoms with E-state index in [0.29, 0.717) is 13.2 Å². The number of piperidine rings is 1. The molecule has 2 heterocycles. The second-order valence-corrected chi connectivity index (χ2v) is 6.49. The van der Waals surface area contributed by atoms with Crippen LogP contribution in [0.15, 0.2) is 30.6 Å². The molecule has 0 unspecified atom stereocenters. The molecule has 1 atom stereocenters. The van der Waals surface area contributed by atoms with Crippen LogP contribution >= 0.6 is 0 Å². The molecule has 133 valence electrons. The van der Waals surface area contributed by atoms with Crippen molar-refractivity contribution in [1.82, 2.24) is 20.0 Å². The predicted octanol–water partition coefficient (Wildman–Crippen LogP) is 1.87. The number of carbonyl (C=O) groups is 1. The van der Waals surface area contributed by atoms with Gasteiger partial charge in [0.25, 0.3) is 0 Å². The van der Waals surface area contributed by atoms with Gasteiger partial charge in [-0.05, 0) is 56.3 Å². The lowest BCUT2D eigenvalue weighted by atomic mass is 10.0. The van der Waals surface area contributed by atoms with Crippen LogP contribution in [-0.4, -0.2) is 53.4 Å². The molecule has 6 heteroatoms. The highest BCUT2D eigenvalue weighted by Crippen LogP contribution is 2.22. The zero-order chi connectivity index (χ0) is 17.6. The highest BCUT2D eigenvalue weighted by molar-refractivity contribution is 5.81. The predicted molar refractivity (Wildman–Crippen MR) is 96.3 cm³/mol. The molecule has 1 fully saturated rings. The standard InChI is InChI=1S/C19H25N4O2/c1-22-10-4-3-8-18(22)19(24)20-9-11-25-17-7-5-6-15(12-17)16-13-21-23(2)14-16/h6-7,12-14,18H,3-4,8-11H2,1-2H3,(H,20,24)/t18-/m1/s1. The van der Waals surface area contributed by atoms with Crippen LogP contribution in [0.4, 0.5) is 0 Å². The van der Waals surface area contributed by atoms with Crippen LogP contribution < -0.4 is 10.1 Å². The van der Waals surface area contributed by atoms with E-state index in [1.54, 1.807) is 10.7 Å². The summed E-state index contributed by atoms with van der Waals surface area (Å²) in [5, 5.41) is 7.15.